The molecule has 0 amide bonds. The molecule has 1 aromatic rings. The van der Waals surface area contributed by atoms with Crippen molar-refractivity contribution in [2.75, 3.05) is 13.1 Å². The molecule has 0 radical (unpaired) electrons. The number of benzene rings is 1. The minimum absolute atomic E-state index is 0.758. The van der Waals surface area contributed by atoms with Gasteiger partial charge in [0.2, 0.25) is 0 Å². The quantitative estimate of drug-likeness (QED) is 0.873. The second-order valence-corrected chi connectivity index (χ2v) is 5.12. The Bertz CT molecular complexity index is 321. The molecule has 1 heterocycles. The van der Waals surface area contributed by atoms with Crippen LogP contribution in [0.25, 0.3) is 0 Å². The third-order valence-corrected chi connectivity index (χ3v) is 3.53. The summed E-state index contributed by atoms with van der Waals surface area (Å²) in [6.07, 6.45) is 2.37. The Balaban J connectivity index is 2.08. The molecular weight excluding hydrogens is 261 g/mol. The number of hydrogen-bond acceptors (Lipinski definition) is 1. The van der Waals surface area contributed by atoms with Crippen LogP contribution in [0, 0.1) is 5.92 Å². The van der Waals surface area contributed by atoms with Gasteiger partial charge in [-0.2, -0.15) is 0 Å². The first-order valence-corrected chi connectivity index (χ1v) is 6.07. The largest absolute Gasteiger partial charge is 0.316 e. The molecule has 1 saturated heterocycles. The van der Waals surface area contributed by atoms with Gasteiger partial charge in [-0.1, -0.05) is 33.6 Å². The van der Waals surface area contributed by atoms with Crippen LogP contribution in [-0.2, 0) is 6.42 Å². The van der Waals surface area contributed by atoms with Gasteiger partial charge >= 0.3 is 0 Å². The maximum absolute atomic E-state index is 6.16. The molecule has 0 bridgehead atoms. The van der Waals surface area contributed by atoms with E-state index in [2.05, 4.69) is 33.4 Å². The number of nitrogens with one attached hydrogen (secondary N) is 1. The highest BCUT2D eigenvalue weighted by molar-refractivity contribution is 9.10. The SMILES string of the molecule is Clc1cc(Br)ccc1CC1CCNC1. The van der Waals surface area contributed by atoms with Gasteiger partial charge in [0.05, 0.1) is 0 Å². The fourth-order valence-corrected chi connectivity index (χ4v) is 2.64. The minimum atomic E-state index is 0.758. The summed E-state index contributed by atoms with van der Waals surface area (Å²) in [5, 5.41) is 4.25. The molecule has 1 atom stereocenters. The second-order valence-electron chi connectivity index (χ2n) is 3.80. The second kappa shape index (κ2) is 4.65. The maximum Gasteiger partial charge on any atom is 0.0449 e. The lowest BCUT2D eigenvalue weighted by Crippen LogP contribution is -2.10. The molecule has 0 aromatic heterocycles. The monoisotopic (exact) mass is 273 g/mol. The van der Waals surface area contributed by atoms with Crippen molar-refractivity contribution in [1.29, 1.82) is 0 Å². The van der Waals surface area contributed by atoms with Gasteiger partial charge in [0.1, 0.15) is 0 Å². The van der Waals surface area contributed by atoms with Crippen LogP contribution in [0.1, 0.15) is 12.0 Å². The van der Waals surface area contributed by atoms with Gasteiger partial charge in [-0.25, -0.2) is 0 Å². The Morgan fingerprint density at radius 2 is 2.36 bits per heavy atom. The van der Waals surface area contributed by atoms with E-state index in [4.69, 9.17) is 11.6 Å². The molecule has 1 unspecified atom stereocenters. The van der Waals surface area contributed by atoms with E-state index in [0.717, 1.165) is 34.9 Å². The van der Waals surface area contributed by atoms with Crippen LogP contribution in [-0.4, -0.2) is 13.1 Å². The summed E-state index contributed by atoms with van der Waals surface area (Å²) in [5.41, 5.74) is 1.27. The lowest BCUT2D eigenvalue weighted by molar-refractivity contribution is 0.580. The normalized spacial score (nSPS) is 21.4. The summed E-state index contributed by atoms with van der Waals surface area (Å²) in [6, 6.07) is 6.15. The van der Waals surface area contributed by atoms with Crippen molar-refractivity contribution in [3.05, 3.63) is 33.3 Å². The molecule has 0 aliphatic carbocycles. The van der Waals surface area contributed by atoms with E-state index < -0.39 is 0 Å². The Morgan fingerprint density at radius 1 is 1.50 bits per heavy atom. The summed E-state index contributed by atoms with van der Waals surface area (Å²) in [7, 11) is 0. The van der Waals surface area contributed by atoms with Gasteiger partial charge in [0, 0.05) is 9.50 Å². The average Bonchev–Trinajstić information content (AvgIpc) is 2.62. The zero-order valence-corrected chi connectivity index (χ0v) is 10.2. The number of hydrogen-bond donors (Lipinski definition) is 1. The van der Waals surface area contributed by atoms with Crippen LogP contribution in [0.3, 0.4) is 0 Å². The Hall–Kier alpha value is -0.0500. The van der Waals surface area contributed by atoms with Crippen LogP contribution in [0.4, 0.5) is 0 Å². The molecule has 0 spiro atoms. The predicted molar refractivity (Wildman–Crippen MR) is 63.8 cm³/mol. The van der Waals surface area contributed by atoms with Gasteiger partial charge in [0.15, 0.2) is 0 Å². The summed E-state index contributed by atoms with van der Waals surface area (Å²) >= 11 is 9.57. The van der Waals surface area contributed by atoms with Crippen molar-refractivity contribution in [3.63, 3.8) is 0 Å². The van der Waals surface area contributed by atoms with Gasteiger partial charge < -0.3 is 5.32 Å². The van der Waals surface area contributed by atoms with E-state index in [-0.39, 0.29) is 0 Å². The average molecular weight is 275 g/mol. The summed E-state index contributed by atoms with van der Waals surface area (Å²) in [4.78, 5) is 0. The molecule has 1 fully saturated rings. The van der Waals surface area contributed by atoms with Crippen molar-refractivity contribution >= 4 is 27.5 Å². The molecule has 1 nitrogen and oxygen atoms in total. The minimum Gasteiger partial charge on any atom is -0.316 e. The smallest absolute Gasteiger partial charge is 0.0449 e. The fraction of sp³-hybridized carbons (Fsp3) is 0.455. The summed E-state index contributed by atoms with van der Waals surface area (Å²) < 4.78 is 1.05. The lowest BCUT2D eigenvalue weighted by Gasteiger charge is -2.09. The van der Waals surface area contributed by atoms with Gasteiger partial charge in [0.25, 0.3) is 0 Å². The van der Waals surface area contributed by atoms with Crippen LogP contribution in [0.5, 0.6) is 0 Å². The zero-order chi connectivity index (χ0) is 9.97. The van der Waals surface area contributed by atoms with Crippen molar-refractivity contribution in [2.24, 2.45) is 5.92 Å². The highest BCUT2D eigenvalue weighted by Crippen LogP contribution is 2.25. The first-order chi connectivity index (χ1) is 6.75. The zero-order valence-electron chi connectivity index (χ0n) is 7.89. The van der Waals surface area contributed by atoms with E-state index in [9.17, 15) is 0 Å². The van der Waals surface area contributed by atoms with Crippen molar-refractivity contribution in [3.8, 4) is 0 Å². The molecule has 14 heavy (non-hydrogen) atoms. The molecule has 76 valence electrons. The first-order valence-electron chi connectivity index (χ1n) is 4.90. The molecule has 1 aliphatic heterocycles. The van der Waals surface area contributed by atoms with Crippen molar-refractivity contribution in [2.45, 2.75) is 12.8 Å². The van der Waals surface area contributed by atoms with Crippen molar-refractivity contribution < 1.29 is 0 Å². The molecule has 1 aliphatic rings. The third kappa shape index (κ3) is 2.50. The van der Waals surface area contributed by atoms with E-state index in [1.807, 2.05) is 6.07 Å². The highest BCUT2D eigenvalue weighted by atomic mass is 79.9. The maximum atomic E-state index is 6.16. The van der Waals surface area contributed by atoms with E-state index >= 15 is 0 Å². The molecular formula is C11H13BrClN. The number of rotatable bonds is 2. The first kappa shape index (κ1) is 10.5. The molecule has 1 aromatic carbocycles. The van der Waals surface area contributed by atoms with Crippen LogP contribution in [0.15, 0.2) is 22.7 Å². The van der Waals surface area contributed by atoms with E-state index in [1.54, 1.807) is 0 Å². The van der Waals surface area contributed by atoms with Gasteiger partial charge in [-0.3, -0.25) is 0 Å². The van der Waals surface area contributed by atoms with Crippen molar-refractivity contribution in [1.82, 2.24) is 5.32 Å². The van der Waals surface area contributed by atoms with E-state index in [1.165, 1.54) is 12.0 Å². The summed E-state index contributed by atoms with van der Waals surface area (Å²) in [6.45, 7) is 2.28. The summed E-state index contributed by atoms with van der Waals surface area (Å²) in [5.74, 6) is 0.758. The van der Waals surface area contributed by atoms with Gasteiger partial charge in [-0.05, 0) is 49.5 Å². The molecule has 2 rings (SSSR count). The Kier molecular flexibility index (Phi) is 3.47. The topological polar surface area (TPSA) is 12.0 Å². The fourth-order valence-electron chi connectivity index (χ4n) is 1.89. The van der Waals surface area contributed by atoms with Gasteiger partial charge in [-0.15, -0.1) is 0 Å². The van der Waals surface area contributed by atoms with Crippen LogP contribution in [0.2, 0.25) is 5.02 Å². The lowest BCUT2D eigenvalue weighted by atomic mass is 9.99. The molecule has 1 N–H and O–H groups in total. The Labute approximate surface area is 98.0 Å². The predicted octanol–water partition coefficient (Wildman–Crippen LogP) is 3.25. The third-order valence-electron chi connectivity index (χ3n) is 2.69. The standard InChI is InChI=1S/C11H13BrClN/c12-10-2-1-9(11(13)6-10)5-8-3-4-14-7-8/h1-2,6,8,14H,3-5,7H2. The highest BCUT2D eigenvalue weighted by Gasteiger charge is 2.15. The number of halogens is 2. The van der Waals surface area contributed by atoms with Crippen LogP contribution >= 0.6 is 27.5 Å². The molecule has 0 saturated carbocycles. The Morgan fingerprint density at radius 3 is 3.00 bits per heavy atom. The van der Waals surface area contributed by atoms with Crippen LogP contribution < -0.4 is 5.32 Å². The van der Waals surface area contributed by atoms with E-state index in [0.29, 0.717) is 0 Å². The molecule has 3 heteroatoms.